The number of nitrogens with zero attached hydrogens (tertiary/aromatic N) is 2. The van der Waals surface area contributed by atoms with Gasteiger partial charge in [0.25, 0.3) is 0 Å². The van der Waals surface area contributed by atoms with E-state index in [1.54, 1.807) is 12.0 Å². The second kappa shape index (κ2) is 10.1. The highest BCUT2D eigenvalue weighted by molar-refractivity contribution is 6.01. The normalized spacial score (nSPS) is 21.6. The van der Waals surface area contributed by atoms with Gasteiger partial charge in [0, 0.05) is 39.1 Å². The molecule has 32 heavy (non-hydrogen) atoms. The second-order valence-corrected chi connectivity index (χ2v) is 8.53. The first kappa shape index (κ1) is 22.3. The highest BCUT2D eigenvalue weighted by Crippen LogP contribution is 2.32. The molecule has 2 atom stereocenters. The molecule has 2 amide bonds. The summed E-state index contributed by atoms with van der Waals surface area (Å²) in [5.41, 5.74) is 2.99. The van der Waals surface area contributed by atoms with Crippen molar-refractivity contribution >= 4 is 17.5 Å². The van der Waals surface area contributed by atoms with Crippen LogP contribution in [0, 0.1) is 5.92 Å². The minimum absolute atomic E-state index is 0.0589. The third kappa shape index (κ3) is 5.29. The monoisotopic (exact) mass is 437 g/mol. The van der Waals surface area contributed by atoms with Crippen molar-refractivity contribution in [1.82, 2.24) is 10.2 Å². The molecule has 0 radical (unpaired) electrons. The fourth-order valence-electron chi connectivity index (χ4n) is 4.43. The minimum Gasteiger partial charge on any atom is -0.495 e. The fourth-order valence-corrected chi connectivity index (χ4v) is 4.43. The zero-order chi connectivity index (χ0) is 22.5. The van der Waals surface area contributed by atoms with Crippen molar-refractivity contribution in [3.8, 4) is 5.75 Å². The third-order valence-corrected chi connectivity index (χ3v) is 6.06. The molecule has 7 heteroatoms. The van der Waals surface area contributed by atoms with Gasteiger partial charge in [-0.25, -0.2) is 0 Å². The lowest BCUT2D eigenvalue weighted by Gasteiger charge is -2.31. The van der Waals surface area contributed by atoms with Crippen LogP contribution in [-0.4, -0.2) is 56.2 Å². The van der Waals surface area contributed by atoms with Crippen LogP contribution in [-0.2, 0) is 27.4 Å². The van der Waals surface area contributed by atoms with E-state index >= 15 is 0 Å². The van der Waals surface area contributed by atoms with E-state index in [2.05, 4.69) is 29.3 Å². The summed E-state index contributed by atoms with van der Waals surface area (Å²) in [7, 11) is 1.58. The van der Waals surface area contributed by atoms with Crippen molar-refractivity contribution in [2.75, 3.05) is 38.3 Å². The van der Waals surface area contributed by atoms with E-state index in [9.17, 15) is 9.59 Å². The summed E-state index contributed by atoms with van der Waals surface area (Å²) in [4.78, 5) is 29.4. The number of rotatable bonds is 7. The molecule has 0 bridgehead atoms. The second-order valence-electron chi connectivity index (χ2n) is 8.53. The zero-order valence-electron chi connectivity index (χ0n) is 18.8. The van der Waals surface area contributed by atoms with Crippen molar-refractivity contribution in [1.29, 1.82) is 0 Å². The molecule has 4 rings (SSSR count). The SMILES string of the molecule is COc1ccccc1N1C[C@@H](C(=O)NCc2cccc(CN3CCO[C@H](C)C3)c2)CC1=O. The molecule has 0 aromatic heterocycles. The number of amides is 2. The summed E-state index contributed by atoms with van der Waals surface area (Å²) in [6.45, 7) is 6.42. The topological polar surface area (TPSA) is 71.1 Å². The number of carbonyl (C=O) groups is 2. The Morgan fingerprint density at radius 2 is 1.97 bits per heavy atom. The van der Waals surface area contributed by atoms with Crippen LogP contribution in [0.5, 0.6) is 5.75 Å². The average Bonchev–Trinajstić information content (AvgIpc) is 3.19. The van der Waals surface area contributed by atoms with Crippen LogP contribution in [0.4, 0.5) is 5.69 Å². The first-order valence-corrected chi connectivity index (χ1v) is 11.2. The third-order valence-electron chi connectivity index (χ3n) is 6.06. The largest absolute Gasteiger partial charge is 0.495 e. The first-order chi connectivity index (χ1) is 15.5. The maximum atomic E-state index is 12.8. The van der Waals surface area contributed by atoms with Crippen molar-refractivity contribution in [3.05, 3.63) is 59.7 Å². The Kier molecular flexibility index (Phi) is 7.07. The summed E-state index contributed by atoms with van der Waals surface area (Å²) < 4.78 is 11.0. The molecule has 2 saturated heterocycles. The molecule has 1 N–H and O–H groups in total. The zero-order valence-corrected chi connectivity index (χ0v) is 18.8. The van der Waals surface area contributed by atoms with E-state index in [0.29, 0.717) is 24.5 Å². The van der Waals surface area contributed by atoms with Gasteiger partial charge in [-0.15, -0.1) is 0 Å². The Labute approximate surface area is 189 Å². The lowest BCUT2D eigenvalue weighted by molar-refractivity contribution is -0.126. The van der Waals surface area contributed by atoms with Gasteiger partial charge in [0.1, 0.15) is 5.75 Å². The highest BCUT2D eigenvalue weighted by atomic mass is 16.5. The van der Waals surface area contributed by atoms with Gasteiger partial charge < -0.3 is 19.7 Å². The number of nitrogens with one attached hydrogen (secondary N) is 1. The Morgan fingerprint density at radius 1 is 1.16 bits per heavy atom. The van der Waals surface area contributed by atoms with E-state index in [1.807, 2.05) is 36.4 Å². The molecule has 2 aliphatic rings. The summed E-state index contributed by atoms with van der Waals surface area (Å²) in [6.07, 6.45) is 0.467. The van der Waals surface area contributed by atoms with Crippen molar-refractivity contribution in [2.24, 2.45) is 5.92 Å². The van der Waals surface area contributed by atoms with Gasteiger partial charge in [-0.1, -0.05) is 36.4 Å². The van der Waals surface area contributed by atoms with E-state index in [0.717, 1.165) is 31.8 Å². The molecular formula is C25H31N3O4. The van der Waals surface area contributed by atoms with Gasteiger partial charge in [-0.2, -0.15) is 0 Å². The molecule has 0 aliphatic carbocycles. The lowest BCUT2D eigenvalue weighted by atomic mass is 10.1. The van der Waals surface area contributed by atoms with Gasteiger partial charge >= 0.3 is 0 Å². The molecule has 2 heterocycles. The Morgan fingerprint density at radius 3 is 2.78 bits per heavy atom. The Bertz CT molecular complexity index is 964. The van der Waals surface area contributed by atoms with Crippen molar-refractivity contribution in [3.63, 3.8) is 0 Å². The predicted molar refractivity (Wildman–Crippen MR) is 122 cm³/mol. The number of morpholine rings is 1. The lowest BCUT2D eigenvalue weighted by Crippen LogP contribution is -2.40. The van der Waals surface area contributed by atoms with Crippen LogP contribution in [0.1, 0.15) is 24.5 Å². The van der Waals surface area contributed by atoms with Crippen LogP contribution >= 0.6 is 0 Å². The standard InChI is InChI=1S/C25H31N3O4/c1-18-15-27(10-11-32-18)16-20-7-5-6-19(12-20)14-26-25(30)21-13-24(29)28(17-21)22-8-3-4-9-23(22)31-2/h3-9,12,18,21H,10-11,13-17H2,1-2H3,(H,26,30)/t18-,21+/m1/s1. The number of para-hydroxylation sites is 2. The number of hydrogen-bond donors (Lipinski definition) is 1. The maximum Gasteiger partial charge on any atom is 0.227 e. The number of hydrogen-bond acceptors (Lipinski definition) is 5. The van der Waals surface area contributed by atoms with E-state index in [1.165, 1.54) is 5.56 Å². The minimum atomic E-state index is -0.370. The number of anilines is 1. The summed E-state index contributed by atoms with van der Waals surface area (Å²) in [5, 5.41) is 3.02. The van der Waals surface area contributed by atoms with E-state index in [4.69, 9.17) is 9.47 Å². The molecule has 0 unspecified atom stereocenters. The smallest absolute Gasteiger partial charge is 0.227 e. The summed E-state index contributed by atoms with van der Waals surface area (Å²) in [5.74, 6) is 0.110. The highest BCUT2D eigenvalue weighted by Gasteiger charge is 2.36. The van der Waals surface area contributed by atoms with E-state index < -0.39 is 0 Å². The quantitative estimate of drug-likeness (QED) is 0.721. The Hall–Kier alpha value is -2.90. The summed E-state index contributed by atoms with van der Waals surface area (Å²) >= 11 is 0. The fraction of sp³-hybridized carbons (Fsp3) is 0.440. The number of carbonyl (C=O) groups excluding carboxylic acids is 2. The van der Waals surface area contributed by atoms with Gasteiger partial charge in [0.15, 0.2) is 0 Å². The number of ether oxygens (including phenoxy) is 2. The first-order valence-electron chi connectivity index (χ1n) is 11.2. The van der Waals surface area contributed by atoms with Gasteiger partial charge in [0.05, 0.1) is 31.4 Å². The number of methoxy groups -OCH3 is 1. The van der Waals surface area contributed by atoms with E-state index in [-0.39, 0.29) is 30.3 Å². The van der Waals surface area contributed by atoms with Gasteiger partial charge in [0.2, 0.25) is 11.8 Å². The van der Waals surface area contributed by atoms with Crippen molar-refractivity contribution < 1.29 is 19.1 Å². The Balaban J connectivity index is 1.32. The molecule has 2 aromatic rings. The molecule has 7 nitrogen and oxygen atoms in total. The molecule has 2 aliphatic heterocycles. The molecule has 170 valence electrons. The van der Waals surface area contributed by atoms with Gasteiger partial charge in [-0.3, -0.25) is 14.5 Å². The van der Waals surface area contributed by atoms with Crippen LogP contribution in [0.15, 0.2) is 48.5 Å². The molecule has 2 fully saturated rings. The number of benzene rings is 2. The molecule has 0 saturated carbocycles. The van der Waals surface area contributed by atoms with Crippen LogP contribution in [0.25, 0.3) is 0 Å². The van der Waals surface area contributed by atoms with Crippen LogP contribution in [0.2, 0.25) is 0 Å². The van der Waals surface area contributed by atoms with Crippen LogP contribution < -0.4 is 15.0 Å². The molecular weight excluding hydrogens is 406 g/mol. The maximum absolute atomic E-state index is 12.8. The molecule has 2 aromatic carbocycles. The average molecular weight is 438 g/mol. The molecule has 0 spiro atoms. The summed E-state index contributed by atoms with van der Waals surface area (Å²) in [6, 6.07) is 15.7. The van der Waals surface area contributed by atoms with Crippen LogP contribution in [0.3, 0.4) is 0 Å². The predicted octanol–water partition coefficient (Wildman–Crippen LogP) is 2.59. The van der Waals surface area contributed by atoms with Gasteiger partial charge in [-0.05, 0) is 30.2 Å². The van der Waals surface area contributed by atoms with Crippen molar-refractivity contribution in [2.45, 2.75) is 32.5 Å².